The average molecular weight is 414 g/mol. The lowest BCUT2D eigenvalue weighted by Gasteiger charge is -2.28. The van der Waals surface area contributed by atoms with Gasteiger partial charge in [-0.05, 0) is 49.0 Å². The Hall–Kier alpha value is -2.70. The maximum absolute atomic E-state index is 12.9. The van der Waals surface area contributed by atoms with Gasteiger partial charge in [-0.25, -0.2) is 0 Å². The zero-order valence-electron chi connectivity index (χ0n) is 16.5. The fourth-order valence-electron chi connectivity index (χ4n) is 3.55. The van der Waals surface area contributed by atoms with Gasteiger partial charge in [-0.3, -0.25) is 14.6 Å². The number of aliphatic hydroxyl groups excluding tert-OH is 1. The van der Waals surface area contributed by atoms with Gasteiger partial charge in [0.1, 0.15) is 5.76 Å². The number of rotatable bonds is 7. The topological polar surface area (TPSA) is 73.7 Å². The Balaban J connectivity index is 2.06. The molecule has 1 aromatic heterocycles. The van der Waals surface area contributed by atoms with E-state index >= 15 is 0 Å². The number of hydrogen-bond donors (Lipinski definition) is 1. The van der Waals surface area contributed by atoms with Crippen molar-refractivity contribution in [3.63, 3.8) is 0 Å². The number of carbonyl (C=O) groups excluding carboxylic acids is 2. The van der Waals surface area contributed by atoms with Crippen molar-refractivity contribution in [1.82, 2.24) is 14.8 Å². The molecule has 1 saturated heterocycles. The highest BCUT2D eigenvalue weighted by molar-refractivity contribution is 6.46. The molecule has 1 atom stereocenters. The van der Waals surface area contributed by atoms with Crippen LogP contribution in [0.3, 0.4) is 0 Å². The standard InChI is InChI=1S/C22H24ClN3O3/c1-3-25(4-2)12-13-26-19(16-6-5-11-24-14-16)18(21(28)22(26)29)20(27)15-7-9-17(23)10-8-15/h5-11,14,19,27H,3-4,12-13H2,1-2H3. The van der Waals surface area contributed by atoms with E-state index < -0.39 is 17.7 Å². The van der Waals surface area contributed by atoms with Gasteiger partial charge in [-0.2, -0.15) is 0 Å². The molecule has 3 rings (SSSR count). The highest BCUT2D eigenvalue weighted by Crippen LogP contribution is 2.39. The Bertz CT molecular complexity index is 909. The number of amides is 1. The lowest BCUT2D eigenvalue weighted by Crippen LogP contribution is -2.38. The van der Waals surface area contributed by atoms with Gasteiger partial charge < -0.3 is 14.9 Å². The molecular weight excluding hydrogens is 390 g/mol. The third-order valence-corrected chi connectivity index (χ3v) is 5.46. The highest BCUT2D eigenvalue weighted by atomic mass is 35.5. The van der Waals surface area contributed by atoms with E-state index in [1.165, 1.54) is 4.90 Å². The smallest absolute Gasteiger partial charge is 0.295 e. The van der Waals surface area contributed by atoms with E-state index in [-0.39, 0.29) is 11.3 Å². The summed E-state index contributed by atoms with van der Waals surface area (Å²) in [5, 5.41) is 11.4. The first kappa shape index (κ1) is 21.0. The number of likely N-dealkylation sites (tertiary alicyclic amines) is 1. The average Bonchev–Trinajstić information content (AvgIpc) is 3.00. The molecule has 1 fully saturated rings. The summed E-state index contributed by atoms with van der Waals surface area (Å²) in [5.41, 5.74) is 1.19. The zero-order valence-corrected chi connectivity index (χ0v) is 17.3. The predicted octanol–water partition coefficient (Wildman–Crippen LogP) is 3.50. The lowest BCUT2D eigenvalue weighted by atomic mass is 9.96. The van der Waals surface area contributed by atoms with Crippen LogP contribution in [-0.2, 0) is 9.59 Å². The quantitative estimate of drug-likeness (QED) is 0.427. The SMILES string of the molecule is CCN(CC)CCN1C(=O)C(=O)C(=C(O)c2ccc(Cl)cc2)C1c1cccnc1. The minimum Gasteiger partial charge on any atom is -0.507 e. The zero-order chi connectivity index (χ0) is 21.0. The van der Waals surface area contributed by atoms with Crippen LogP contribution in [-0.4, -0.2) is 57.8 Å². The van der Waals surface area contributed by atoms with Crippen molar-refractivity contribution in [2.24, 2.45) is 0 Å². The number of halogens is 1. The third kappa shape index (κ3) is 4.33. The third-order valence-electron chi connectivity index (χ3n) is 5.21. The molecule has 152 valence electrons. The first-order valence-electron chi connectivity index (χ1n) is 9.64. The van der Waals surface area contributed by atoms with Crippen molar-refractivity contribution < 1.29 is 14.7 Å². The van der Waals surface area contributed by atoms with Crippen LogP contribution < -0.4 is 0 Å². The van der Waals surface area contributed by atoms with Crippen LogP contribution >= 0.6 is 11.6 Å². The summed E-state index contributed by atoms with van der Waals surface area (Å²) in [6.07, 6.45) is 3.25. The second kappa shape index (κ2) is 9.20. The molecular formula is C22H24ClN3O3. The minimum absolute atomic E-state index is 0.0740. The second-order valence-electron chi connectivity index (χ2n) is 6.81. The monoisotopic (exact) mass is 413 g/mol. The van der Waals surface area contributed by atoms with Crippen LogP contribution in [0.1, 0.15) is 31.0 Å². The molecule has 1 N–H and O–H groups in total. The van der Waals surface area contributed by atoms with Gasteiger partial charge in [0, 0.05) is 36.1 Å². The molecule has 1 unspecified atom stereocenters. The Morgan fingerprint density at radius 1 is 1.17 bits per heavy atom. The molecule has 7 heteroatoms. The predicted molar refractivity (Wildman–Crippen MR) is 112 cm³/mol. The van der Waals surface area contributed by atoms with Crippen LogP contribution in [0.25, 0.3) is 5.76 Å². The summed E-state index contributed by atoms with van der Waals surface area (Å²) >= 11 is 5.93. The number of carbonyl (C=O) groups is 2. The summed E-state index contributed by atoms with van der Waals surface area (Å²) < 4.78 is 0. The number of Topliss-reactive ketones (excluding diaryl/α,β-unsaturated/α-hetero) is 1. The van der Waals surface area contributed by atoms with Gasteiger partial charge in [-0.1, -0.05) is 31.5 Å². The van der Waals surface area contributed by atoms with Gasteiger partial charge in [0.2, 0.25) is 0 Å². The molecule has 1 amide bonds. The van der Waals surface area contributed by atoms with E-state index in [1.807, 2.05) is 6.07 Å². The van der Waals surface area contributed by atoms with Gasteiger partial charge in [0.25, 0.3) is 11.7 Å². The highest BCUT2D eigenvalue weighted by Gasteiger charge is 2.46. The van der Waals surface area contributed by atoms with E-state index in [1.54, 1.807) is 42.7 Å². The Morgan fingerprint density at radius 3 is 2.45 bits per heavy atom. The first-order valence-corrected chi connectivity index (χ1v) is 10.0. The molecule has 1 aliphatic rings. The van der Waals surface area contributed by atoms with Crippen molar-refractivity contribution in [1.29, 1.82) is 0 Å². The molecule has 2 aromatic rings. The largest absolute Gasteiger partial charge is 0.507 e. The molecule has 0 radical (unpaired) electrons. The summed E-state index contributed by atoms with van der Waals surface area (Å²) in [5.74, 6) is -1.51. The summed E-state index contributed by atoms with van der Waals surface area (Å²) in [4.78, 5) is 33.6. The van der Waals surface area contributed by atoms with Crippen LogP contribution in [0.5, 0.6) is 0 Å². The molecule has 6 nitrogen and oxygen atoms in total. The van der Waals surface area contributed by atoms with E-state index in [9.17, 15) is 14.7 Å². The molecule has 1 aromatic carbocycles. The molecule has 0 aliphatic carbocycles. The van der Waals surface area contributed by atoms with E-state index in [4.69, 9.17) is 11.6 Å². The second-order valence-corrected chi connectivity index (χ2v) is 7.25. The van der Waals surface area contributed by atoms with E-state index in [2.05, 4.69) is 23.7 Å². The maximum Gasteiger partial charge on any atom is 0.295 e. The number of ketones is 1. The van der Waals surface area contributed by atoms with Crippen LogP contribution in [0.4, 0.5) is 0 Å². The van der Waals surface area contributed by atoms with E-state index in [0.29, 0.717) is 29.2 Å². The number of aliphatic hydroxyl groups is 1. The number of aromatic nitrogens is 1. The number of likely N-dealkylation sites (N-methyl/N-ethyl adjacent to an activating group) is 1. The molecule has 0 spiro atoms. The molecule has 0 saturated carbocycles. The van der Waals surface area contributed by atoms with Crippen molar-refractivity contribution in [2.75, 3.05) is 26.2 Å². The van der Waals surface area contributed by atoms with Gasteiger partial charge >= 0.3 is 0 Å². The minimum atomic E-state index is -0.689. The van der Waals surface area contributed by atoms with Gasteiger partial charge in [-0.15, -0.1) is 0 Å². The normalized spacial score (nSPS) is 18.6. The summed E-state index contributed by atoms with van der Waals surface area (Å²) in [7, 11) is 0. The van der Waals surface area contributed by atoms with Crippen LogP contribution in [0.15, 0.2) is 54.4 Å². The first-order chi connectivity index (χ1) is 14.0. The molecule has 29 heavy (non-hydrogen) atoms. The van der Waals surface area contributed by atoms with Crippen molar-refractivity contribution >= 4 is 29.1 Å². The van der Waals surface area contributed by atoms with Crippen molar-refractivity contribution in [3.8, 4) is 0 Å². The van der Waals surface area contributed by atoms with Crippen LogP contribution in [0, 0.1) is 0 Å². The van der Waals surface area contributed by atoms with Crippen molar-refractivity contribution in [3.05, 3.63) is 70.5 Å². The fraction of sp³-hybridized carbons (Fsp3) is 0.318. The van der Waals surface area contributed by atoms with Gasteiger partial charge in [0.15, 0.2) is 0 Å². The molecule has 2 heterocycles. The summed E-state index contributed by atoms with van der Waals surface area (Å²) in [6, 6.07) is 9.39. The lowest BCUT2D eigenvalue weighted by molar-refractivity contribution is -0.140. The Morgan fingerprint density at radius 2 is 1.86 bits per heavy atom. The number of nitrogens with zero attached hydrogens (tertiary/aromatic N) is 3. The van der Waals surface area contributed by atoms with E-state index in [0.717, 1.165) is 13.1 Å². The van der Waals surface area contributed by atoms with Crippen molar-refractivity contribution in [2.45, 2.75) is 19.9 Å². The number of pyridine rings is 1. The summed E-state index contributed by atoms with van der Waals surface area (Å²) in [6.45, 7) is 6.82. The van der Waals surface area contributed by atoms with Gasteiger partial charge in [0.05, 0.1) is 11.6 Å². The number of hydrogen-bond acceptors (Lipinski definition) is 5. The Kier molecular flexibility index (Phi) is 6.67. The number of benzene rings is 1. The fourth-order valence-corrected chi connectivity index (χ4v) is 3.67. The molecule has 1 aliphatic heterocycles. The Labute approximate surface area is 175 Å². The maximum atomic E-state index is 12.9. The molecule has 0 bridgehead atoms. The van der Waals surface area contributed by atoms with Crippen LogP contribution in [0.2, 0.25) is 5.02 Å².